The fourth-order valence-electron chi connectivity index (χ4n) is 7.05. The van der Waals surface area contributed by atoms with Crippen molar-refractivity contribution < 1.29 is 19.0 Å². The molecule has 0 saturated heterocycles. The van der Waals surface area contributed by atoms with Gasteiger partial charge in [0, 0.05) is 24.2 Å². The Kier molecular flexibility index (Phi) is 4.25. The quantitative estimate of drug-likeness (QED) is 0.600. The lowest BCUT2D eigenvalue weighted by Crippen LogP contribution is -2.53. The van der Waals surface area contributed by atoms with Crippen LogP contribution in [0.4, 0.5) is 4.39 Å². The second-order valence-electron chi connectivity index (χ2n) is 9.22. The first-order chi connectivity index (χ1) is 11.9. The van der Waals surface area contributed by atoms with Gasteiger partial charge in [-0.1, -0.05) is 18.6 Å². The summed E-state index contributed by atoms with van der Waals surface area (Å²) in [5, 5.41) is 10.3. The summed E-state index contributed by atoms with van der Waals surface area (Å²) in [7, 11) is 0. The van der Waals surface area contributed by atoms with Crippen molar-refractivity contribution >= 4 is 5.97 Å². The number of alkyl halides is 1. The van der Waals surface area contributed by atoms with E-state index in [0.717, 1.165) is 38.5 Å². The van der Waals surface area contributed by atoms with Crippen molar-refractivity contribution in [2.45, 2.75) is 77.5 Å². The van der Waals surface area contributed by atoms with Crippen LogP contribution in [-0.4, -0.2) is 30.0 Å². The van der Waals surface area contributed by atoms with Gasteiger partial charge in [-0.2, -0.15) is 0 Å². The lowest BCUT2D eigenvalue weighted by molar-refractivity contribution is -0.157. The minimum absolute atomic E-state index is 0.0352. The van der Waals surface area contributed by atoms with Crippen LogP contribution in [0.1, 0.15) is 65.2 Å². The molecule has 25 heavy (non-hydrogen) atoms. The molecule has 0 aliphatic heterocycles. The number of rotatable bonds is 2. The standard InChI is InChI=1S/C21H31FO3/c1-13(24)25-19-6-5-17-16-4-3-14-11-15(22)7-10-21(14,12-23)18(16)8-9-20(17,19)2/h3,15-19,23H,4-12H2,1-2H3/t15-,16+,17+,18+,19+,20+,21-/m1/s1. The molecule has 3 saturated carbocycles. The van der Waals surface area contributed by atoms with Crippen molar-refractivity contribution in [2.75, 3.05) is 6.61 Å². The van der Waals surface area contributed by atoms with Gasteiger partial charge >= 0.3 is 5.97 Å². The Morgan fingerprint density at radius 3 is 2.80 bits per heavy atom. The number of aliphatic hydroxyl groups is 1. The maximum absolute atomic E-state index is 14.0. The molecule has 0 amide bonds. The van der Waals surface area contributed by atoms with Gasteiger partial charge < -0.3 is 9.84 Å². The van der Waals surface area contributed by atoms with Gasteiger partial charge in [-0.25, -0.2) is 4.39 Å². The Morgan fingerprint density at radius 1 is 1.28 bits per heavy atom. The minimum Gasteiger partial charge on any atom is -0.462 e. The summed E-state index contributed by atoms with van der Waals surface area (Å²) in [6.45, 7) is 3.97. The number of hydrogen-bond donors (Lipinski definition) is 1. The molecule has 0 aromatic heterocycles. The smallest absolute Gasteiger partial charge is 0.302 e. The van der Waals surface area contributed by atoms with Gasteiger partial charge in [0.2, 0.25) is 0 Å². The summed E-state index contributed by atoms with van der Waals surface area (Å²) in [5.41, 5.74) is 1.06. The highest BCUT2D eigenvalue weighted by atomic mass is 19.1. The number of allylic oxidation sites excluding steroid dienone is 1. The van der Waals surface area contributed by atoms with Crippen LogP contribution in [0.25, 0.3) is 0 Å². The topological polar surface area (TPSA) is 46.5 Å². The van der Waals surface area contributed by atoms with Crippen molar-refractivity contribution in [1.82, 2.24) is 0 Å². The summed E-state index contributed by atoms with van der Waals surface area (Å²) >= 11 is 0. The normalized spacial score (nSPS) is 48.8. The SMILES string of the molecule is CC(=O)O[C@H]1CC[C@H]2[C@@H]3CC=C4C[C@H](F)CC[C@]4(CO)[C@H]3CC[C@]12C. The van der Waals surface area contributed by atoms with Crippen LogP contribution in [-0.2, 0) is 9.53 Å². The lowest BCUT2D eigenvalue weighted by atomic mass is 9.47. The Labute approximate surface area is 150 Å². The highest BCUT2D eigenvalue weighted by Gasteiger charge is 2.60. The molecule has 3 fully saturated rings. The molecule has 0 bridgehead atoms. The van der Waals surface area contributed by atoms with E-state index in [0.29, 0.717) is 30.6 Å². The molecule has 4 aliphatic rings. The van der Waals surface area contributed by atoms with Crippen molar-refractivity contribution in [2.24, 2.45) is 28.6 Å². The Morgan fingerprint density at radius 2 is 2.08 bits per heavy atom. The fraction of sp³-hybridized carbons (Fsp3) is 0.857. The Balaban J connectivity index is 1.64. The zero-order valence-electron chi connectivity index (χ0n) is 15.5. The van der Waals surface area contributed by atoms with Crippen molar-refractivity contribution in [1.29, 1.82) is 0 Å². The summed E-state index contributed by atoms with van der Waals surface area (Å²) < 4.78 is 19.6. The average Bonchev–Trinajstić information content (AvgIpc) is 2.90. The van der Waals surface area contributed by atoms with Crippen molar-refractivity contribution in [3.63, 3.8) is 0 Å². The molecule has 0 heterocycles. The molecule has 1 N–H and O–H groups in total. The van der Waals surface area contributed by atoms with E-state index in [9.17, 15) is 14.3 Å². The van der Waals surface area contributed by atoms with E-state index in [2.05, 4.69) is 13.0 Å². The van der Waals surface area contributed by atoms with E-state index >= 15 is 0 Å². The molecule has 4 heteroatoms. The molecule has 0 spiro atoms. The fourth-order valence-corrected chi connectivity index (χ4v) is 7.05. The Hall–Kier alpha value is -0.900. The first-order valence-electron chi connectivity index (χ1n) is 10.0. The summed E-state index contributed by atoms with van der Waals surface area (Å²) in [6.07, 6.45) is 8.61. The van der Waals surface area contributed by atoms with Crippen LogP contribution in [0, 0.1) is 28.6 Å². The van der Waals surface area contributed by atoms with Crippen LogP contribution < -0.4 is 0 Å². The number of carbonyl (C=O) groups excluding carboxylic acids is 1. The maximum Gasteiger partial charge on any atom is 0.302 e. The third kappa shape index (κ3) is 2.50. The second-order valence-corrected chi connectivity index (χ2v) is 9.22. The number of hydrogen-bond acceptors (Lipinski definition) is 3. The maximum atomic E-state index is 14.0. The number of fused-ring (bicyclic) bond motifs is 5. The second kappa shape index (κ2) is 6.07. The molecule has 0 aromatic rings. The van der Waals surface area contributed by atoms with Crippen molar-refractivity contribution in [3.8, 4) is 0 Å². The number of aliphatic hydroxyl groups excluding tert-OH is 1. The lowest BCUT2D eigenvalue weighted by Gasteiger charge is -2.58. The molecule has 140 valence electrons. The molecule has 4 aliphatic carbocycles. The van der Waals surface area contributed by atoms with Gasteiger partial charge in [-0.3, -0.25) is 4.79 Å². The molecule has 7 atom stereocenters. The molecule has 3 nitrogen and oxygen atoms in total. The van der Waals surface area contributed by atoms with Crippen LogP contribution in [0.5, 0.6) is 0 Å². The van der Waals surface area contributed by atoms with E-state index in [-0.39, 0.29) is 29.5 Å². The average molecular weight is 350 g/mol. The largest absolute Gasteiger partial charge is 0.462 e. The van der Waals surface area contributed by atoms with Gasteiger partial charge in [0.25, 0.3) is 0 Å². The molecule has 0 radical (unpaired) electrons. The van der Waals surface area contributed by atoms with Gasteiger partial charge in [0.1, 0.15) is 12.3 Å². The molecular weight excluding hydrogens is 319 g/mol. The van der Waals surface area contributed by atoms with Crippen molar-refractivity contribution in [3.05, 3.63) is 11.6 Å². The predicted molar refractivity (Wildman–Crippen MR) is 93.6 cm³/mol. The van der Waals surface area contributed by atoms with Gasteiger partial charge in [0.15, 0.2) is 0 Å². The zero-order chi connectivity index (χ0) is 17.8. The highest BCUT2D eigenvalue weighted by Crippen LogP contribution is 2.65. The predicted octanol–water partition coefficient (Wildman–Crippen LogP) is 4.19. The van der Waals surface area contributed by atoms with E-state index in [1.165, 1.54) is 12.5 Å². The van der Waals surface area contributed by atoms with Crippen LogP contribution >= 0.6 is 0 Å². The minimum atomic E-state index is -0.740. The summed E-state index contributed by atoms with van der Waals surface area (Å²) in [5.74, 6) is 1.36. The summed E-state index contributed by atoms with van der Waals surface area (Å²) in [6, 6.07) is 0. The van der Waals surface area contributed by atoms with Crippen LogP contribution in [0.15, 0.2) is 11.6 Å². The number of halogens is 1. The van der Waals surface area contributed by atoms with Gasteiger partial charge in [-0.05, 0) is 62.7 Å². The van der Waals surface area contributed by atoms with E-state index in [4.69, 9.17) is 4.74 Å². The molecule has 0 aromatic carbocycles. The Bertz CT molecular complexity index is 588. The van der Waals surface area contributed by atoms with E-state index in [1.54, 1.807) is 0 Å². The third-order valence-electron chi connectivity index (χ3n) is 8.27. The van der Waals surface area contributed by atoms with Crippen LogP contribution in [0.2, 0.25) is 0 Å². The van der Waals surface area contributed by atoms with Crippen LogP contribution in [0.3, 0.4) is 0 Å². The number of ether oxygens (including phenoxy) is 1. The number of carbonyl (C=O) groups is 1. The van der Waals surface area contributed by atoms with Gasteiger partial charge in [-0.15, -0.1) is 0 Å². The molecule has 0 unspecified atom stereocenters. The monoisotopic (exact) mass is 350 g/mol. The first kappa shape index (κ1) is 17.5. The highest BCUT2D eigenvalue weighted by molar-refractivity contribution is 5.66. The number of esters is 1. The van der Waals surface area contributed by atoms with E-state index < -0.39 is 6.17 Å². The molecular formula is C21H31FO3. The summed E-state index contributed by atoms with van der Waals surface area (Å²) in [4.78, 5) is 11.5. The first-order valence-corrected chi connectivity index (χ1v) is 10.0. The third-order valence-corrected chi connectivity index (χ3v) is 8.27. The molecule has 4 rings (SSSR count). The van der Waals surface area contributed by atoms with E-state index in [1.807, 2.05) is 0 Å². The van der Waals surface area contributed by atoms with Gasteiger partial charge in [0.05, 0.1) is 6.61 Å². The zero-order valence-corrected chi connectivity index (χ0v) is 15.5.